The third kappa shape index (κ3) is 4.94. The summed E-state index contributed by atoms with van der Waals surface area (Å²) in [5, 5.41) is 2.94. The maximum Gasteiger partial charge on any atom is 0.416 e. The summed E-state index contributed by atoms with van der Waals surface area (Å²) in [6.07, 6.45) is 1.96. The van der Waals surface area contributed by atoms with Crippen LogP contribution >= 0.6 is 0 Å². The second-order valence-electron chi connectivity index (χ2n) is 8.84. The number of rotatable bonds is 5. The molecule has 4 fully saturated rings. The van der Waals surface area contributed by atoms with Gasteiger partial charge < -0.3 is 10.2 Å². The smallest absolute Gasteiger partial charge is 0.350 e. The summed E-state index contributed by atoms with van der Waals surface area (Å²) in [5.74, 6) is 1.14. The highest BCUT2D eigenvalue weighted by Gasteiger charge is 2.40. The number of amides is 1. The van der Waals surface area contributed by atoms with Crippen LogP contribution in [0.2, 0.25) is 0 Å². The molecule has 0 radical (unpaired) electrons. The topological polar surface area (TPSA) is 35.6 Å². The first kappa shape index (κ1) is 20.7. The molecule has 1 N–H and O–H groups in total. The number of fused-ring (bicyclic) bond motifs is 3. The molecule has 0 saturated carbocycles. The van der Waals surface area contributed by atoms with Gasteiger partial charge in [0.05, 0.1) is 5.56 Å². The quantitative estimate of drug-likeness (QED) is 0.807. The van der Waals surface area contributed by atoms with Crippen LogP contribution in [-0.4, -0.2) is 61.0 Å². The number of halogens is 3. The van der Waals surface area contributed by atoms with Crippen molar-refractivity contribution in [3.63, 3.8) is 0 Å². The van der Waals surface area contributed by atoms with Crippen LogP contribution in [-0.2, 0) is 6.18 Å². The fourth-order valence-electron chi connectivity index (χ4n) is 5.27. The Morgan fingerprint density at radius 1 is 1.07 bits per heavy atom. The molecule has 160 valence electrons. The van der Waals surface area contributed by atoms with Gasteiger partial charge in [0.1, 0.15) is 0 Å². The SMILES string of the molecule is O=C(NC[C@@H]1C[C@H]2CCN1C[C@@H]2CN1CCCCC1)c1ccc(C(F)(F)F)cc1. The molecule has 29 heavy (non-hydrogen) atoms. The summed E-state index contributed by atoms with van der Waals surface area (Å²) in [5.41, 5.74) is -0.457. The van der Waals surface area contributed by atoms with Crippen LogP contribution in [0.5, 0.6) is 0 Å². The van der Waals surface area contributed by atoms with Crippen molar-refractivity contribution in [3.8, 4) is 0 Å². The highest BCUT2D eigenvalue weighted by Crippen LogP contribution is 2.37. The lowest BCUT2D eigenvalue weighted by Crippen LogP contribution is -2.58. The number of alkyl halides is 3. The molecular formula is C22H30F3N3O. The number of hydrogen-bond donors (Lipinski definition) is 1. The van der Waals surface area contributed by atoms with E-state index in [-0.39, 0.29) is 11.5 Å². The minimum absolute atomic E-state index is 0.275. The van der Waals surface area contributed by atoms with Crippen molar-refractivity contribution < 1.29 is 18.0 Å². The highest BCUT2D eigenvalue weighted by molar-refractivity contribution is 5.94. The Labute approximate surface area is 170 Å². The van der Waals surface area contributed by atoms with Crippen LogP contribution in [0.25, 0.3) is 0 Å². The van der Waals surface area contributed by atoms with Crippen molar-refractivity contribution in [1.82, 2.24) is 15.1 Å². The van der Waals surface area contributed by atoms with E-state index >= 15 is 0 Å². The first-order chi connectivity index (χ1) is 13.9. The normalized spacial score (nSPS) is 30.3. The van der Waals surface area contributed by atoms with E-state index in [1.54, 1.807) is 0 Å². The fraction of sp³-hybridized carbons (Fsp3) is 0.682. The van der Waals surface area contributed by atoms with Gasteiger partial charge in [-0.1, -0.05) is 6.42 Å². The second-order valence-corrected chi connectivity index (χ2v) is 8.84. The number of nitrogens with zero attached hydrogens (tertiary/aromatic N) is 2. The van der Waals surface area contributed by atoms with Crippen LogP contribution in [0.15, 0.2) is 24.3 Å². The molecule has 1 aromatic rings. The number of hydrogen-bond acceptors (Lipinski definition) is 3. The van der Waals surface area contributed by atoms with E-state index in [1.165, 1.54) is 57.5 Å². The Morgan fingerprint density at radius 3 is 2.41 bits per heavy atom. The first-order valence-corrected chi connectivity index (χ1v) is 10.8. The minimum Gasteiger partial charge on any atom is -0.350 e. The third-order valence-corrected chi connectivity index (χ3v) is 6.93. The maximum absolute atomic E-state index is 12.7. The van der Waals surface area contributed by atoms with E-state index in [9.17, 15) is 18.0 Å². The van der Waals surface area contributed by atoms with Crippen LogP contribution in [0.1, 0.15) is 48.0 Å². The van der Waals surface area contributed by atoms with E-state index in [0.29, 0.717) is 12.6 Å². The van der Waals surface area contributed by atoms with Gasteiger partial charge in [-0.05, 0) is 81.4 Å². The largest absolute Gasteiger partial charge is 0.416 e. The predicted octanol–water partition coefficient (Wildman–Crippen LogP) is 3.63. The van der Waals surface area contributed by atoms with Gasteiger partial charge in [0.2, 0.25) is 0 Å². The number of likely N-dealkylation sites (tertiary alicyclic amines) is 1. The molecule has 4 aliphatic rings. The zero-order valence-electron chi connectivity index (χ0n) is 16.8. The molecule has 7 heteroatoms. The summed E-state index contributed by atoms with van der Waals surface area (Å²) in [4.78, 5) is 17.5. The molecule has 4 aliphatic heterocycles. The maximum atomic E-state index is 12.7. The first-order valence-electron chi connectivity index (χ1n) is 10.8. The highest BCUT2D eigenvalue weighted by atomic mass is 19.4. The van der Waals surface area contributed by atoms with E-state index < -0.39 is 11.7 Å². The molecule has 2 bridgehead atoms. The Kier molecular flexibility index (Phi) is 6.16. The molecule has 1 aromatic carbocycles. The molecular weight excluding hydrogens is 379 g/mol. The Balaban J connectivity index is 1.27. The molecule has 0 aliphatic carbocycles. The lowest BCUT2D eigenvalue weighted by atomic mass is 9.75. The minimum atomic E-state index is -4.38. The van der Waals surface area contributed by atoms with Gasteiger partial charge in [-0.2, -0.15) is 13.2 Å². The van der Waals surface area contributed by atoms with Crippen molar-refractivity contribution in [1.29, 1.82) is 0 Å². The van der Waals surface area contributed by atoms with E-state index in [1.807, 2.05) is 0 Å². The zero-order chi connectivity index (χ0) is 20.4. The second kappa shape index (κ2) is 8.64. The van der Waals surface area contributed by atoms with Gasteiger partial charge >= 0.3 is 6.18 Å². The number of piperidine rings is 4. The lowest BCUT2D eigenvalue weighted by molar-refractivity contribution is -0.137. The summed E-state index contributed by atoms with van der Waals surface area (Å²) in [7, 11) is 0. The Morgan fingerprint density at radius 2 is 1.79 bits per heavy atom. The average Bonchev–Trinajstić information content (AvgIpc) is 2.73. The van der Waals surface area contributed by atoms with E-state index in [0.717, 1.165) is 43.5 Å². The van der Waals surface area contributed by atoms with Crippen LogP contribution in [0.4, 0.5) is 13.2 Å². The van der Waals surface area contributed by atoms with Crippen molar-refractivity contribution in [2.45, 2.75) is 44.3 Å². The summed E-state index contributed by atoms with van der Waals surface area (Å²) < 4.78 is 38.0. The molecule has 4 atom stereocenters. The van der Waals surface area contributed by atoms with E-state index in [4.69, 9.17) is 0 Å². The standard InChI is InChI=1S/C22H30F3N3O/c23-22(24,25)19-6-4-16(5-7-19)21(29)26-13-20-12-17-8-11-28(20)15-18(17)14-27-9-2-1-3-10-27/h4-7,17-18,20H,1-3,8-15H2,(H,26,29)/t17-,18+,20+/m1/s1. The van der Waals surface area contributed by atoms with Gasteiger partial charge in [0.25, 0.3) is 5.91 Å². The number of carbonyl (C=O) groups excluding carboxylic acids is 1. The summed E-state index contributed by atoms with van der Waals surface area (Å²) >= 11 is 0. The van der Waals surface area contributed by atoms with Crippen molar-refractivity contribution in [2.24, 2.45) is 11.8 Å². The summed E-state index contributed by atoms with van der Waals surface area (Å²) in [6, 6.07) is 4.77. The molecule has 1 unspecified atom stereocenters. The average molecular weight is 409 g/mol. The number of benzene rings is 1. The molecule has 1 amide bonds. The van der Waals surface area contributed by atoms with Crippen LogP contribution < -0.4 is 5.32 Å². The lowest BCUT2D eigenvalue weighted by Gasteiger charge is -2.51. The van der Waals surface area contributed by atoms with Crippen LogP contribution in [0.3, 0.4) is 0 Å². The van der Waals surface area contributed by atoms with Gasteiger partial charge in [0, 0.05) is 31.2 Å². The molecule has 4 heterocycles. The molecule has 5 rings (SSSR count). The monoisotopic (exact) mass is 409 g/mol. The van der Waals surface area contributed by atoms with Crippen molar-refractivity contribution in [2.75, 3.05) is 39.3 Å². The van der Waals surface area contributed by atoms with E-state index in [2.05, 4.69) is 15.1 Å². The third-order valence-electron chi connectivity index (χ3n) is 6.93. The molecule has 0 spiro atoms. The number of carbonyl (C=O) groups is 1. The van der Waals surface area contributed by atoms with Gasteiger partial charge in [-0.15, -0.1) is 0 Å². The molecule has 4 nitrogen and oxygen atoms in total. The fourth-order valence-corrected chi connectivity index (χ4v) is 5.27. The number of nitrogens with one attached hydrogen (secondary N) is 1. The van der Waals surface area contributed by atoms with Crippen molar-refractivity contribution in [3.05, 3.63) is 35.4 Å². The summed E-state index contributed by atoms with van der Waals surface area (Å²) in [6.45, 7) is 6.41. The molecule has 4 saturated heterocycles. The molecule has 0 aromatic heterocycles. The Bertz CT molecular complexity index is 700. The Hall–Kier alpha value is -1.60. The van der Waals surface area contributed by atoms with Gasteiger partial charge in [-0.3, -0.25) is 9.69 Å². The predicted molar refractivity (Wildman–Crippen MR) is 106 cm³/mol. The zero-order valence-corrected chi connectivity index (χ0v) is 16.8. The van der Waals surface area contributed by atoms with Gasteiger partial charge in [-0.25, -0.2) is 0 Å². The van der Waals surface area contributed by atoms with Crippen molar-refractivity contribution >= 4 is 5.91 Å². The van der Waals surface area contributed by atoms with Crippen LogP contribution in [0, 0.1) is 11.8 Å². The van der Waals surface area contributed by atoms with Gasteiger partial charge in [0.15, 0.2) is 0 Å².